The van der Waals surface area contributed by atoms with Gasteiger partial charge in [-0.15, -0.1) is 0 Å². The van der Waals surface area contributed by atoms with Crippen LogP contribution in [0.4, 0.5) is 0 Å². The summed E-state index contributed by atoms with van der Waals surface area (Å²) in [6.07, 6.45) is 0.417. The Kier molecular flexibility index (Phi) is 23.4. The predicted molar refractivity (Wildman–Crippen MR) is 306 cm³/mol. The fourth-order valence-corrected chi connectivity index (χ4v) is 9.87. The first-order valence-corrected chi connectivity index (χ1v) is 27.9. The lowest BCUT2D eigenvalue weighted by molar-refractivity contribution is -0.146. The zero-order valence-corrected chi connectivity index (χ0v) is 48.9. The second-order valence-corrected chi connectivity index (χ2v) is 23.5. The Balaban J connectivity index is 1.37. The minimum Gasteiger partial charge on any atom is -0.369 e. The van der Waals surface area contributed by atoms with Crippen LogP contribution in [-0.2, 0) is 47.8 Å². The Hall–Kier alpha value is -7.56. The molecule has 0 spiro atoms. The summed E-state index contributed by atoms with van der Waals surface area (Å²) in [7, 11) is 1.65. The lowest BCUT2D eigenvalue weighted by Gasteiger charge is -2.36. The Morgan fingerprint density at radius 1 is 0.598 bits per heavy atom. The van der Waals surface area contributed by atoms with Gasteiger partial charge >= 0.3 is 0 Å². The highest BCUT2D eigenvalue weighted by Gasteiger charge is 2.48. The number of hydrogen-bond acceptors (Lipinski definition) is 13. The van der Waals surface area contributed by atoms with E-state index in [0.29, 0.717) is 17.5 Å². The molecule has 22 heteroatoms. The standard InChI is InChI=1S/C60H84N10O12/c1-11-35(2)52(74)68-51(60(7,8)9)58(80)70-30-42(27-47(70)56(78)67-45(32-82-34-50(62)73)38-20-16-13-17-21-38)65-54(76)40-24-22-39(23-25-40)53(75)64-41-26-46(55(77)66-44(31-81-33-49(61)72)37-18-14-12-15-19-37)69(29-41)57(79)43(59(4,5)6)28-48(71)36(3)63-10/h12-25,35-36,41-47,51,63H,11,26-34H2,1-10H3,(H2,61,72)(H2,62,73)(H,64,75)(H,65,76)(H,66,77)(H,67,78)(H,68,74)/t35-,36+,41+,42+,43-,44?,45-,46+,47+,51-/m1/s1. The molecule has 2 heterocycles. The van der Waals surface area contributed by atoms with Crippen molar-refractivity contribution in [3.63, 3.8) is 0 Å². The number of primary amides is 2. The van der Waals surface area contributed by atoms with Crippen LogP contribution in [0.1, 0.15) is 132 Å². The zero-order chi connectivity index (χ0) is 60.6. The van der Waals surface area contributed by atoms with Gasteiger partial charge in [-0.2, -0.15) is 0 Å². The van der Waals surface area contributed by atoms with E-state index in [2.05, 4.69) is 31.9 Å². The number of amides is 9. The number of ketones is 1. The van der Waals surface area contributed by atoms with Crippen LogP contribution in [0.25, 0.3) is 0 Å². The maximum atomic E-state index is 14.7. The second kappa shape index (κ2) is 29.4. The smallest absolute Gasteiger partial charge is 0.251 e. The van der Waals surface area contributed by atoms with E-state index in [1.165, 1.54) is 34.1 Å². The molecular weight excluding hydrogens is 1050 g/mol. The highest BCUT2D eigenvalue weighted by atomic mass is 16.5. The molecule has 2 aliphatic heterocycles. The number of likely N-dealkylation sites (tertiary alicyclic amines) is 2. The summed E-state index contributed by atoms with van der Waals surface area (Å²) >= 11 is 0. The van der Waals surface area contributed by atoms with Crippen molar-refractivity contribution in [2.75, 3.05) is 46.6 Å². The molecule has 1 unspecified atom stereocenters. The molecule has 0 radical (unpaired) electrons. The van der Waals surface area contributed by atoms with Crippen molar-refractivity contribution in [2.45, 2.75) is 136 Å². The molecule has 10 N–H and O–H groups in total. The van der Waals surface area contributed by atoms with E-state index in [-0.39, 0.29) is 68.4 Å². The van der Waals surface area contributed by atoms with Gasteiger partial charge in [-0.3, -0.25) is 47.9 Å². The van der Waals surface area contributed by atoms with Gasteiger partial charge in [-0.25, -0.2) is 0 Å². The number of Topliss-reactive ketones (excluding diaryl/α,β-unsaturated/α-hetero) is 1. The van der Waals surface area contributed by atoms with E-state index in [1.54, 1.807) is 102 Å². The Bertz CT molecular complexity index is 2550. The van der Waals surface area contributed by atoms with E-state index in [1.807, 2.05) is 27.7 Å². The summed E-state index contributed by atoms with van der Waals surface area (Å²) in [5.74, 6) is -6.33. The average Bonchev–Trinajstić information content (AvgIpc) is 4.20. The van der Waals surface area contributed by atoms with E-state index < -0.39 is 131 Å². The van der Waals surface area contributed by atoms with Gasteiger partial charge in [0, 0.05) is 54.6 Å². The van der Waals surface area contributed by atoms with Crippen molar-refractivity contribution >= 4 is 58.9 Å². The van der Waals surface area contributed by atoms with Gasteiger partial charge in [0.1, 0.15) is 37.1 Å². The minimum atomic E-state index is -1.12. The molecular formula is C60H84N10O12. The van der Waals surface area contributed by atoms with Gasteiger partial charge in [0.15, 0.2) is 0 Å². The molecule has 446 valence electrons. The van der Waals surface area contributed by atoms with Gasteiger partial charge in [0.25, 0.3) is 11.8 Å². The van der Waals surface area contributed by atoms with Gasteiger partial charge in [0.05, 0.1) is 31.3 Å². The zero-order valence-electron chi connectivity index (χ0n) is 48.9. The lowest BCUT2D eigenvalue weighted by Crippen LogP contribution is -2.58. The second-order valence-electron chi connectivity index (χ2n) is 23.5. The summed E-state index contributed by atoms with van der Waals surface area (Å²) in [5.41, 5.74) is 10.8. The van der Waals surface area contributed by atoms with E-state index in [4.69, 9.17) is 20.9 Å². The summed E-state index contributed by atoms with van der Waals surface area (Å²) in [5, 5.41) is 17.7. The van der Waals surface area contributed by atoms with Crippen LogP contribution >= 0.6 is 0 Å². The normalized spacial score (nSPS) is 19.3. The van der Waals surface area contributed by atoms with Gasteiger partial charge in [0.2, 0.25) is 41.4 Å². The quantitative estimate of drug-likeness (QED) is 0.0545. The largest absolute Gasteiger partial charge is 0.369 e. The fourth-order valence-electron chi connectivity index (χ4n) is 9.87. The fraction of sp³-hybridized carbons (Fsp3) is 0.533. The number of benzene rings is 3. The molecule has 9 amide bonds. The van der Waals surface area contributed by atoms with Crippen LogP contribution in [0.3, 0.4) is 0 Å². The van der Waals surface area contributed by atoms with Crippen molar-refractivity contribution in [3.05, 3.63) is 107 Å². The maximum absolute atomic E-state index is 14.7. The molecule has 0 saturated carbocycles. The third-order valence-electron chi connectivity index (χ3n) is 15.1. The van der Waals surface area contributed by atoms with E-state index in [0.717, 1.165) is 0 Å². The molecule has 2 saturated heterocycles. The molecule has 82 heavy (non-hydrogen) atoms. The number of likely N-dealkylation sites (N-methyl/N-ethyl adjacent to an activating group) is 1. The number of nitrogens with one attached hydrogen (secondary N) is 6. The number of carbonyl (C=O) groups excluding carboxylic acids is 10. The third kappa shape index (κ3) is 18.2. The summed E-state index contributed by atoms with van der Waals surface area (Å²) in [6, 6.07) is 16.8. The molecule has 0 aromatic heterocycles. The summed E-state index contributed by atoms with van der Waals surface area (Å²) < 4.78 is 11.1. The number of nitrogens with two attached hydrogens (primary N) is 2. The first-order valence-electron chi connectivity index (χ1n) is 27.9. The van der Waals surface area contributed by atoms with Crippen molar-refractivity contribution in [1.82, 2.24) is 41.7 Å². The maximum Gasteiger partial charge on any atom is 0.251 e. The Labute approximate surface area is 480 Å². The molecule has 0 aliphatic carbocycles. The highest BCUT2D eigenvalue weighted by molar-refractivity contribution is 5.99. The van der Waals surface area contributed by atoms with Crippen LogP contribution in [0.15, 0.2) is 84.9 Å². The van der Waals surface area contributed by atoms with Crippen molar-refractivity contribution in [2.24, 2.45) is 34.1 Å². The molecule has 3 aromatic carbocycles. The van der Waals surface area contributed by atoms with Crippen LogP contribution in [0.5, 0.6) is 0 Å². The van der Waals surface area contributed by atoms with Gasteiger partial charge in [-0.05, 0) is 79.5 Å². The van der Waals surface area contributed by atoms with Crippen molar-refractivity contribution < 1.29 is 57.4 Å². The topological polar surface area (TPSA) is 320 Å². The number of ether oxygens (including phenoxy) is 2. The summed E-state index contributed by atoms with van der Waals surface area (Å²) in [4.78, 5) is 139. The highest BCUT2D eigenvalue weighted by Crippen LogP contribution is 2.35. The van der Waals surface area contributed by atoms with Gasteiger partial charge < -0.3 is 62.6 Å². The van der Waals surface area contributed by atoms with Crippen molar-refractivity contribution in [3.8, 4) is 0 Å². The Morgan fingerprint density at radius 2 is 1.01 bits per heavy atom. The SMILES string of the molecule is CC[C@@H](C)C(=O)N[C@H](C(=O)N1C[C@@H](NC(=O)c2ccc(C(=O)N[C@H]3C[C@@H](C(=O)NC(COCC(N)=O)c4ccccc4)N(C(=O)[C@@H](CC(=O)[C@H](C)NC)C(C)(C)C)C3)cc2)C[C@H]1C(=O)N[C@H](COCC(N)=O)c1ccccc1)C(C)(C)C. The van der Waals surface area contributed by atoms with E-state index in [9.17, 15) is 47.9 Å². The van der Waals surface area contributed by atoms with Crippen molar-refractivity contribution in [1.29, 1.82) is 0 Å². The van der Waals surface area contributed by atoms with Crippen LogP contribution in [0.2, 0.25) is 0 Å². The van der Waals surface area contributed by atoms with Crippen LogP contribution < -0.4 is 43.4 Å². The Morgan fingerprint density at radius 3 is 1.38 bits per heavy atom. The van der Waals surface area contributed by atoms with E-state index >= 15 is 0 Å². The molecule has 3 aromatic rings. The number of carbonyl (C=O) groups is 10. The lowest BCUT2D eigenvalue weighted by atomic mass is 9.76. The third-order valence-corrected chi connectivity index (χ3v) is 15.1. The number of nitrogens with zero attached hydrogens (tertiary/aromatic N) is 2. The minimum absolute atomic E-state index is 0.00181. The predicted octanol–water partition coefficient (Wildman–Crippen LogP) is 2.61. The summed E-state index contributed by atoms with van der Waals surface area (Å²) in [6.45, 7) is 15.1. The van der Waals surface area contributed by atoms with Gasteiger partial charge in [-0.1, -0.05) is 116 Å². The molecule has 2 aliphatic rings. The monoisotopic (exact) mass is 1140 g/mol. The molecule has 10 atom stereocenters. The first kappa shape index (κ1) is 65.3. The molecule has 2 fully saturated rings. The van der Waals surface area contributed by atoms with Crippen LogP contribution in [-0.4, -0.2) is 152 Å². The number of hydrogen-bond donors (Lipinski definition) is 8. The molecule has 22 nitrogen and oxygen atoms in total. The molecule has 5 rings (SSSR count). The van der Waals surface area contributed by atoms with Crippen LogP contribution in [0, 0.1) is 22.7 Å². The average molecular weight is 1140 g/mol. The molecule has 0 bridgehead atoms. The first-order chi connectivity index (χ1) is 38.6. The number of rotatable bonds is 27.